The molecule has 3 nitrogen and oxygen atoms in total. The summed E-state index contributed by atoms with van der Waals surface area (Å²) in [6.07, 6.45) is 3.67. The highest BCUT2D eigenvalue weighted by molar-refractivity contribution is 6.00. The lowest BCUT2D eigenvalue weighted by atomic mass is 10.1. The zero-order chi connectivity index (χ0) is 13.0. The summed E-state index contributed by atoms with van der Waals surface area (Å²) in [7, 11) is 0. The third-order valence-corrected chi connectivity index (χ3v) is 3.06. The van der Waals surface area contributed by atoms with Crippen LogP contribution < -0.4 is 5.32 Å². The molecule has 1 heterocycles. The number of amides is 1. The first-order valence-corrected chi connectivity index (χ1v) is 6.37. The molecule has 94 valence electrons. The van der Waals surface area contributed by atoms with Gasteiger partial charge in [-0.05, 0) is 18.6 Å². The minimum atomic E-state index is 0.0361. The largest absolute Gasteiger partial charge is 0.324 e. The molecule has 1 aromatic heterocycles. The van der Waals surface area contributed by atoms with Crippen molar-refractivity contribution in [2.24, 2.45) is 5.92 Å². The third kappa shape index (κ3) is 2.67. The summed E-state index contributed by atoms with van der Waals surface area (Å²) < 4.78 is 0. The van der Waals surface area contributed by atoms with Gasteiger partial charge in [0.05, 0.1) is 11.2 Å². The van der Waals surface area contributed by atoms with Gasteiger partial charge in [-0.25, -0.2) is 0 Å². The summed E-state index contributed by atoms with van der Waals surface area (Å²) in [5.41, 5.74) is 1.64. The molecule has 0 saturated heterocycles. The maximum Gasteiger partial charge on any atom is 0.227 e. The Morgan fingerprint density at radius 2 is 2.11 bits per heavy atom. The second-order valence-corrected chi connectivity index (χ2v) is 4.56. The van der Waals surface area contributed by atoms with E-state index >= 15 is 0 Å². The number of hydrogen-bond acceptors (Lipinski definition) is 2. The molecule has 0 spiro atoms. The highest BCUT2D eigenvalue weighted by Crippen LogP contribution is 2.21. The minimum Gasteiger partial charge on any atom is -0.324 e. The van der Waals surface area contributed by atoms with E-state index in [0.29, 0.717) is 0 Å². The molecule has 3 heteroatoms. The first-order chi connectivity index (χ1) is 8.72. The van der Waals surface area contributed by atoms with Gasteiger partial charge in [0, 0.05) is 17.5 Å². The van der Waals surface area contributed by atoms with Crippen LogP contribution in [0.1, 0.15) is 26.7 Å². The quantitative estimate of drug-likeness (QED) is 0.889. The van der Waals surface area contributed by atoms with Crippen LogP contribution in [-0.4, -0.2) is 10.9 Å². The van der Waals surface area contributed by atoms with E-state index in [1.54, 1.807) is 6.20 Å². The average Bonchev–Trinajstić information content (AvgIpc) is 2.39. The number of anilines is 1. The molecule has 0 aliphatic heterocycles. The van der Waals surface area contributed by atoms with Crippen molar-refractivity contribution in [1.82, 2.24) is 4.98 Å². The van der Waals surface area contributed by atoms with Gasteiger partial charge in [0.25, 0.3) is 0 Å². The predicted molar refractivity (Wildman–Crippen MR) is 74.4 cm³/mol. The molecule has 0 aliphatic carbocycles. The van der Waals surface area contributed by atoms with Crippen LogP contribution in [0, 0.1) is 5.92 Å². The Morgan fingerprint density at radius 3 is 2.89 bits per heavy atom. The number of carbonyl (C=O) groups excluding carboxylic acids is 1. The van der Waals surface area contributed by atoms with Gasteiger partial charge < -0.3 is 5.32 Å². The van der Waals surface area contributed by atoms with Gasteiger partial charge in [-0.2, -0.15) is 0 Å². The molecular formula is C15H18N2O. The van der Waals surface area contributed by atoms with Crippen LogP contribution in [0.5, 0.6) is 0 Å². The highest BCUT2D eigenvalue weighted by atomic mass is 16.1. The van der Waals surface area contributed by atoms with Crippen molar-refractivity contribution in [3.8, 4) is 0 Å². The lowest BCUT2D eigenvalue weighted by Crippen LogP contribution is -2.20. The van der Waals surface area contributed by atoms with Crippen LogP contribution in [0.3, 0.4) is 0 Å². The van der Waals surface area contributed by atoms with E-state index in [1.165, 1.54) is 0 Å². The standard InChI is InChI=1S/C15H18N2O/c1-3-6-11(2)15(18)17-13-9-4-7-12-8-5-10-16-14(12)13/h4-5,7-11H,3,6H2,1-2H3,(H,17,18). The van der Waals surface area contributed by atoms with Gasteiger partial charge in [-0.3, -0.25) is 9.78 Å². The van der Waals surface area contributed by atoms with Crippen LogP contribution in [0.15, 0.2) is 36.5 Å². The van der Waals surface area contributed by atoms with E-state index < -0.39 is 0 Å². The van der Waals surface area contributed by atoms with E-state index in [9.17, 15) is 4.79 Å². The number of nitrogens with one attached hydrogen (secondary N) is 1. The van der Waals surface area contributed by atoms with Gasteiger partial charge in [0.2, 0.25) is 5.91 Å². The van der Waals surface area contributed by atoms with Crippen molar-refractivity contribution < 1.29 is 4.79 Å². The second kappa shape index (κ2) is 5.63. The van der Waals surface area contributed by atoms with Crippen LogP contribution >= 0.6 is 0 Å². The van der Waals surface area contributed by atoms with E-state index in [0.717, 1.165) is 29.4 Å². The summed E-state index contributed by atoms with van der Waals surface area (Å²) in [6.45, 7) is 4.04. The Morgan fingerprint density at radius 1 is 1.33 bits per heavy atom. The lowest BCUT2D eigenvalue weighted by Gasteiger charge is -2.12. The Labute approximate surface area is 107 Å². The lowest BCUT2D eigenvalue weighted by molar-refractivity contribution is -0.119. The second-order valence-electron chi connectivity index (χ2n) is 4.56. The molecule has 18 heavy (non-hydrogen) atoms. The number of rotatable bonds is 4. The number of para-hydroxylation sites is 1. The third-order valence-electron chi connectivity index (χ3n) is 3.06. The Kier molecular flexibility index (Phi) is 3.92. The van der Waals surface area contributed by atoms with Crippen molar-refractivity contribution >= 4 is 22.5 Å². The SMILES string of the molecule is CCCC(C)C(=O)Nc1cccc2cccnc12. The Balaban J connectivity index is 2.24. The molecular weight excluding hydrogens is 224 g/mol. The number of nitrogens with zero attached hydrogens (tertiary/aromatic N) is 1. The van der Waals surface area contributed by atoms with Crippen molar-refractivity contribution in [3.05, 3.63) is 36.5 Å². The van der Waals surface area contributed by atoms with Crippen LogP contribution in [-0.2, 0) is 4.79 Å². The Hall–Kier alpha value is -1.90. The molecule has 1 N–H and O–H groups in total. The van der Waals surface area contributed by atoms with Crippen LogP contribution in [0.2, 0.25) is 0 Å². The zero-order valence-electron chi connectivity index (χ0n) is 10.8. The maximum absolute atomic E-state index is 12.0. The molecule has 0 fully saturated rings. The van der Waals surface area contributed by atoms with Crippen molar-refractivity contribution in [2.75, 3.05) is 5.32 Å². The van der Waals surface area contributed by atoms with E-state index in [1.807, 2.05) is 37.3 Å². The van der Waals surface area contributed by atoms with Crippen molar-refractivity contribution in [2.45, 2.75) is 26.7 Å². The van der Waals surface area contributed by atoms with E-state index in [2.05, 4.69) is 17.2 Å². The first-order valence-electron chi connectivity index (χ1n) is 6.37. The molecule has 1 unspecified atom stereocenters. The van der Waals surface area contributed by atoms with Crippen LogP contribution in [0.4, 0.5) is 5.69 Å². The summed E-state index contributed by atoms with van der Waals surface area (Å²) >= 11 is 0. The topological polar surface area (TPSA) is 42.0 Å². The van der Waals surface area contributed by atoms with Crippen molar-refractivity contribution in [1.29, 1.82) is 0 Å². The summed E-state index contributed by atoms with van der Waals surface area (Å²) in [6, 6.07) is 9.71. The normalized spacial score (nSPS) is 12.3. The Bertz CT molecular complexity index is 546. The number of benzene rings is 1. The monoisotopic (exact) mass is 242 g/mol. The van der Waals surface area contributed by atoms with Gasteiger partial charge in [-0.1, -0.05) is 38.5 Å². The molecule has 1 amide bonds. The fourth-order valence-corrected chi connectivity index (χ4v) is 2.03. The summed E-state index contributed by atoms with van der Waals surface area (Å²) in [5.74, 6) is 0.101. The fourth-order valence-electron chi connectivity index (χ4n) is 2.03. The molecule has 2 aromatic rings. The molecule has 0 bridgehead atoms. The number of hydrogen-bond donors (Lipinski definition) is 1. The van der Waals surface area contributed by atoms with Gasteiger partial charge >= 0.3 is 0 Å². The smallest absolute Gasteiger partial charge is 0.227 e. The molecule has 1 aromatic carbocycles. The molecule has 2 rings (SSSR count). The van der Waals surface area contributed by atoms with E-state index in [4.69, 9.17) is 0 Å². The minimum absolute atomic E-state index is 0.0361. The number of carbonyl (C=O) groups is 1. The maximum atomic E-state index is 12.0. The average molecular weight is 242 g/mol. The van der Waals surface area contributed by atoms with E-state index in [-0.39, 0.29) is 11.8 Å². The molecule has 0 saturated carbocycles. The molecule has 0 radical (unpaired) electrons. The molecule has 0 aliphatic rings. The zero-order valence-corrected chi connectivity index (χ0v) is 10.8. The van der Waals surface area contributed by atoms with Gasteiger partial charge in [0.15, 0.2) is 0 Å². The number of pyridine rings is 1. The van der Waals surface area contributed by atoms with Crippen LogP contribution in [0.25, 0.3) is 10.9 Å². The van der Waals surface area contributed by atoms with Crippen molar-refractivity contribution in [3.63, 3.8) is 0 Å². The highest BCUT2D eigenvalue weighted by Gasteiger charge is 2.13. The number of aromatic nitrogens is 1. The first kappa shape index (κ1) is 12.6. The fraction of sp³-hybridized carbons (Fsp3) is 0.333. The van der Waals surface area contributed by atoms with Gasteiger partial charge in [0.1, 0.15) is 0 Å². The number of fused-ring (bicyclic) bond motifs is 1. The predicted octanol–water partition coefficient (Wildman–Crippen LogP) is 3.61. The summed E-state index contributed by atoms with van der Waals surface area (Å²) in [5, 5.41) is 4.01. The summed E-state index contributed by atoms with van der Waals surface area (Å²) in [4.78, 5) is 16.3. The molecule has 1 atom stereocenters. The van der Waals surface area contributed by atoms with Gasteiger partial charge in [-0.15, -0.1) is 0 Å².